The fourth-order valence-corrected chi connectivity index (χ4v) is 3.77. The predicted molar refractivity (Wildman–Crippen MR) is 94.1 cm³/mol. The predicted octanol–water partition coefficient (Wildman–Crippen LogP) is 4.46. The zero-order chi connectivity index (χ0) is 17.2. The first-order valence-corrected chi connectivity index (χ1v) is 9.13. The molecule has 0 saturated heterocycles. The van der Waals surface area contributed by atoms with Crippen LogP contribution in [0.5, 0.6) is 5.75 Å². The Morgan fingerprint density at radius 1 is 1.04 bits per heavy atom. The minimum absolute atomic E-state index is 0.232. The van der Waals surface area contributed by atoms with Crippen molar-refractivity contribution in [3.8, 4) is 5.75 Å². The van der Waals surface area contributed by atoms with Gasteiger partial charge >= 0.3 is 0 Å². The summed E-state index contributed by atoms with van der Waals surface area (Å²) < 4.78 is 33.4. The topological polar surface area (TPSA) is 55.4 Å². The molecule has 0 heterocycles. The molecule has 2 rings (SSSR count). The smallest absolute Gasteiger partial charge is 0.262 e. The van der Waals surface area contributed by atoms with Crippen molar-refractivity contribution in [1.29, 1.82) is 0 Å². The maximum atomic E-state index is 12.6. The lowest BCUT2D eigenvalue weighted by Gasteiger charge is -2.14. The molecule has 0 saturated carbocycles. The average molecular weight is 354 g/mol. The van der Waals surface area contributed by atoms with Crippen LogP contribution in [0.3, 0.4) is 0 Å². The SMILES string of the molecule is CCOc1cc(C)c(S(=O)(=O)Nc2ccc(C)c(Cl)c2)cc1C. The molecule has 23 heavy (non-hydrogen) atoms. The van der Waals surface area contributed by atoms with Crippen molar-refractivity contribution in [1.82, 2.24) is 0 Å². The van der Waals surface area contributed by atoms with Crippen molar-refractivity contribution in [2.24, 2.45) is 0 Å². The second kappa shape index (κ2) is 6.81. The Kier molecular flexibility index (Phi) is 5.22. The molecule has 1 N–H and O–H groups in total. The van der Waals surface area contributed by atoms with Gasteiger partial charge < -0.3 is 4.74 Å². The summed E-state index contributed by atoms with van der Waals surface area (Å²) in [5.74, 6) is 0.697. The summed E-state index contributed by atoms with van der Waals surface area (Å²) in [6.07, 6.45) is 0. The van der Waals surface area contributed by atoms with Gasteiger partial charge in [0, 0.05) is 5.02 Å². The number of halogens is 1. The van der Waals surface area contributed by atoms with Gasteiger partial charge in [-0.1, -0.05) is 17.7 Å². The molecule has 0 radical (unpaired) electrons. The normalized spacial score (nSPS) is 11.3. The Morgan fingerprint density at radius 3 is 2.35 bits per heavy atom. The molecule has 2 aromatic rings. The lowest BCUT2D eigenvalue weighted by molar-refractivity contribution is 0.337. The Labute approximate surface area is 142 Å². The lowest BCUT2D eigenvalue weighted by atomic mass is 10.1. The Balaban J connectivity index is 2.39. The van der Waals surface area contributed by atoms with E-state index in [2.05, 4.69) is 4.72 Å². The Hall–Kier alpha value is -1.72. The van der Waals surface area contributed by atoms with E-state index in [0.29, 0.717) is 28.6 Å². The maximum absolute atomic E-state index is 12.6. The van der Waals surface area contributed by atoms with Crippen molar-refractivity contribution >= 4 is 27.3 Å². The van der Waals surface area contributed by atoms with Crippen molar-refractivity contribution in [2.75, 3.05) is 11.3 Å². The summed E-state index contributed by atoms with van der Waals surface area (Å²) in [5.41, 5.74) is 2.73. The minimum atomic E-state index is -3.69. The second-order valence-electron chi connectivity index (χ2n) is 5.39. The third-order valence-electron chi connectivity index (χ3n) is 3.49. The van der Waals surface area contributed by atoms with Gasteiger partial charge in [-0.05, 0) is 68.7 Å². The lowest BCUT2D eigenvalue weighted by Crippen LogP contribution is -2.15. The van der Waals surface area contributed by atoms with E-state index in [4.69, 9.17) is 16.3 Å². The van der Waals surface area contributed by atoms with E-state index in [0.717, 1.165) is 11.1 Å². The third kappa shape index (κ3) is 3.98. The molecule has 0 bridgehead atoms. The van der Waals surface area contributed by atoms with E-state index in [-0.39, 0.29) is 4.90 Å². The first-order valence-electron chi connectivity index (χ1n) is 7.27. The molecule has 6 heteroatoms. The first-order chi connectivity index (χ1) is 10.7. The van der Waals surface area contributed by atoms with Crippen LogP contribution in [0.1, 0.15) is 23.6 Å². The molecular weight excluding hydrogens is 334 g/mol. The van der Waals surface area contributed by atoms with Gasteiger partial charge in [0.05, 0.1) is 17.2 Å². The molecule has 2 aromatic carbocycles. The molecule has 0 aliphatic rings. The van der Waals surface area contributed by atoms with Crippen LogP contribution in [0.2, 0.25) is 5.02 Å². The highest BCUT2D eigenvalue weighted by atomic mass is 35.5. The standard InChI is InChI=1S/C17H20ClNO3S/c1-5-22-16-8-13(4)17(9-12(16)3)23(20,21)19-14-7-6-11(2)15(18)10-14/h6-10,19H,5H2,1-4H3. The van der Waals surface area contributed by atoms with Gasteiger partial charge in [0.15, 0.2) is 0 Å². The molecule has 0 aliphatic carbocycles. The largest absolute Gasteiger partial charge is 0.494 e. The highest BCUT2D eigenvalue weighted by Crippen LogP contribution is 2.28. The van der Waals surface area contributed by atoms with E-state index in [1.54, 1.807) is 37.3 Å². The van der Waals surface area contributed by atoms with E-state index in [1.165, 1.54) is 0 Å². The highest BCUT2D eigenvalue weighted by molar-refractivity contribution is 7.92. The summed E-state index contributed by atoms with van der Waals surface area (Å²) in [4.78, 5) is 0.232. The summed E-state index contributed by atoms with van der Waals surface area (Å²) >= 11 is 6.05. The minimum Gasteiger partial charge on any atom is -0.494 e. The van der Waals surface area contributed by atoms with Gasteiger partial charge in [0.2, 0.25) is 0 Å². The van der Waals surface area contributed by atoms with E-state index >= 15 is 0 Å². The van der Waals surface area contributed by atoms with Crippen molar-refractivity contribution in [3.63, 3.8) is 0 Å². The number of benzene rings is 2. The van der Waals surface area contributed by atoms with Gasteiger partial charge in [0.25, 0.3) is 10.0 Å². The molecule has 0 amide bonds. The Bertz CT molecular complexity index is 832. The summed E-state index contributed by atoms with van der Waals surface area (Å²) in [7, 11) is -3.69. The Morgan fingerprint density at radius 2 is 1.74 bits per heavy atom. The van der Waals surface area contributed by atoms with Crippen LogP contribution in [0.15, 0.2) is 35.2 Å². The fraction of sp³-hybridized carbons (Fsp3) is 0.294. The second-order valence-corrected chi connectivity index (χ2v) is 7.44. The number of ether oxygens (including phenoxy) is 1. The molecule has 0 aliphatic heterocycles. The number of nitrogens with one attached hydrogen (secondary N) is 1. The van der Waals surface area contributed by atoms with Crippen LogP contribution < -0.4 is 9.46 Å². The van der Waals surface area contributed by atoms with Crippen molar-refractivity contribution in [2.45, 2.75) is 32.6 Å². The van der Waals surface area contributed by atoms with Crippen LogP contribution in [-0.4, -0.2) is 15.0 Å². The molecule has 0 aromatic heterocycles. The van der Waals surface area contributed by atoms with Gasteiger partial charge in [-0.3, -0.25) is 4.72 Å². The van der Waals surface area contributed by atoms with Gasteiger partial charge in [-0.2, -0.15) is 0 Å². The summed E-state index contributed by atoms with van der Waals surface area (Å²) in [6.45, 7) is 7.86. The van der Waals surface area contributed by atoms with E-state index in [1.807, 2.05) is 20.8 Å². The third-order valence-corrected chi connectivity index (χ3v) is 5.42. The van der Waals surface area contributed by atoms with Crippen LogP contribution in [0.4, 0.5) is 5.69 Å². The van der Waals surface area contributed by atoms with E-state index < -0.39 is 10.0 Å². The molecule has 0 atom stereocenters. The number of anilines is 1. The van der Waals surface area contributed by atoms with Gasteiger partial charge in [-0.25, -0.2) is 8.42 Å². The molecule has 124 valence electrons. The molecule has 0 spiro atoms. The zero-order valence-electron chi connectivity index (χ0n) is 13.6. The molecule has 4 nitrogen and oxygen atoms in total. The molecule has 0 unspecified atom stereocenters. The number of sulfonamides is 1. The van der Waals surface area contributed by atoms with Crippen LogP contribution >= 0.6 is 11.6 Å². The van der Waals surface area contributed by atoms with Crippen LogP contribution in [0.25, 0.3) is 0 Å². The number of rotatable bonds is 5. The monoisotopic (exact) mass is 353 g/mol. The van der Waals surface area contributed by atoms with Crippen LogP contribution in [-0.2, 0) is 10.0 Å². The van der Waals surface area contributed by atoms with Crippen LogP contribution in [0, 0.1) is 20.8 Å². The maximum Gasteiger partial charge on any atom is 0.262 e. The fourth-order valence-electron chi connectivity index (χ4n) is 2.23. The quantitative estimate of drug-likeness (QED) is 0.863. The number of hydrogen-bond donors (Lipinski definition) is 1. The zero-order valence-corrected chi connectivity index (χ0v) is 15.2. The highest BCUT2D eigenvalue weighted by Gasteiger charge is 2.19. The summed E-state index contributed by atoms with van der Waals surface area (Å²) in [5, 5.41) is 0.518. The summed E-state index contributed by atoms with van der Waals surface area (Å²) in [6, 6.07) is 8.44. The van der Waals surface area contributed by atoms with Gasteiger partial charge in [0.1, 0.15) is 5.75 Å². The van der Waals surface area contributed by atoms with E-state index in [9.17, 15) is 8.42 Å². The molecular formula is C17H20ClNO3S. The van der Waals surface area contributed by atoms with Crippen molar-refractivity contribution in [3.05, 3.63) is 52.0 Å². The number of aryl methyl sites for hydroxylation is 3. The van der Waals surface area contributed by atoms with Gasteiger partial charge in [-0.15, -0.1) is 0 Å². The first kappa shape index (κ1) is 17.6. The molecule has 0 fully saturated rings. The number of hydrogen-bond acceptors (Lipinski definition) is 3. The average Bonchev–Trinajstić information content (AvgIpc) is 2.46. The van der Waals surface area contributed by atoms with Crippen molar-refractivity contribution < 1.29 is 13.2 Å².